The standard InChI is InChI=1S/C14H15BrN2O2S/c1-8-7-16-14(20-8)9(2)17-13(18)11-5-4-10(15)6-12(11)19-3/h4-7,9H,1-3H3,(H,17,18). The van der Waals surface area contributed by atoms with Gasteiger partial charge in [-0.1, -0.05) is 15.9 Å². The van der Waals surface area contributed by atoms with Crippen LogP contribution in [-0.2, 0) is 0 Å². The molecule has 1 unspecified atom stereocenters. The maximum absolute atomic E-state index is 12.3. The van der Waals surface area contributed by atoms with Crippen LogP contribution in [0, 0.1) is 6.92 Å². The van der Waals surface area contributed by atoms with E-state index in [0.717, 1.165) is 14.4 Å². The van der Waals surface area contributed by atoms with Crippen molar-refractivity contribution in [2.45, 2.75) is 19.9 Å². The summed E-state index contributed by atoms with van der Waals surface area (Å²) >= 11 is 4.94. The fraction of sp³-hybridized carbons (Fsp3) is 0.286. The Labute approximate surface area is 130 Å². The zero-order valence-electron chi connectivity index (χ0n) is 11.4. The molecule has 1 atom stereocenters. The minimum atomic E-state index is -0.172. The number of hydrogen-bond donors (Lipinski definition) is 1. The molecule has 0 aliphatic rings. The predicted octanol–water partition coefficient (Wildman–Crippen LogP) is 3.71. The molecular formula is C14H15BrN2O2S. The first-order valence-corrected chi connectivity index (χ1v) is 7.69. The van der Waals surface area contributed by atoms with Gasteiger partial charge in [0.05, 0.1) is 18.7 Å². The monoisotopic (exact) mass is 354 g/mol. The van der Waals surface area contributed by atoms with E-state index in [-0.39, 0.29) is 11.9 Å². The number of halogens is 1. The van der Waals surface area contributed by atoms with Crippen LogP contribution in [-0.4, -0.2) is 18.0 Å². The number of aromatic nitrogens is 1. The van der Waals surface area contributed by atoms with Crippen LogP contribution < -0.4 is 10.1 Å². The minimum Gasteiger partial charge on any atom is -0.496 e. The van der Waals surface area contributed by atoms with Gasteiger partial charge in [0, 0.05) is 15.5 Å². The Balaban J connectivity index is 2.16. The van der Waals surface area contributed by atoms with Crippen molar-refractivity contribution in [2.75, 3.05) is 7.11 Å². The molecule has 0 radical (unpaired) electrons. The molecule has 0 fully saturated rings. The van der Waals surface area contributed by atoms with E-state index in [2.05, 4.69) is 26.2 Å². The third kappa shape index (κ3) is 3.37. The number of rotatable bonds is 4. The summed E-state index contributed by atoms with van der Waals surface area (Å²) < 4.78 is 6.10. The first-order valence-electron chi connectivity index (χ1n) is 6.08. The smallest absolute Gasteiger partial charge is 0.255 e. The average molecular weight is 355 g/mol. The highest BCUT2D eigenvalue weighted by atomic mass is 79.9. The van der Waals surface area contributed by atoms with E-state index in [1.54, 1.807) is 30.6 Å². The molecule has 0 saturated carbocycles. The van der Waals surface area contributed by atoms with Crippen molar-refractivity contribution < 1.29 is 9.53 Å². The van der Waals surface area contributed by atoms with E-state index in [1.807, 2.05) is 26.1 Å². The van der Waals surface area contributed by atoms with Gasteiger partial charge in [-0.2, -0.15) is 0 Å². The third-order valence-electron chi connectivity index (χ3n) is 2.77. The SMILES string of the molecule is COc1cc(Br)ccc1C(=O)NC(C)c1ncc(C)s1. The molecule has 0 aliphatic heterocycles. The maximum Gasteiger partial charge on any atom is 0.255 e. The molecule has 1 heterocycles. The Morgan fingerprint density at radius 2 is 2.25 bits per heavy atom. The van der Waals surface area contributed by atoms with Gasteiger partial charge in [-0.05, 0) is 32.0 Å². The second kappa shape index (κ2) is 6.37. The molecule has 0 aliphatic carbocycles. The molecule has 0 saturated heterocycles. The molecule has 0 spiro atoms. The average Bonchev–Trinajstić information content (AvgIpc) is 2.85. The number of hydrogen-bond acceptors (Lipinski definition) is 4. The number of thiazole rings is 1. The normalized spacial score (nSPS) is 12.0. The van der Waals surface area contributed by atoms with E-state index in [4.69, 9.17) is 4.74 Å². The number of aryl methyl sites for hydroxylation is 1. The number of nitrogens with zero attached hydrogens (tertiary/aromatic N) is 1. The van der Waals surface area contributed by atoms with Gasteiger partial charge >= 0.3 is 0 Å². The Kier molecular flexibility index (Phi) is 4.77. The summed E-state index contributed by atoms with van der Waals surface area (Å²) in [6, 6.07) is 5.19. The number of nitrogens with one attached hydrogen (secondary N) is 1. The number of ether oxygens (including phenoxy) is 1. The molecule has 1 amide bonds. The van der Waals surface area contributed by atoms with Crippen molar-refractivity contribution in [1.29, 1.82) is 0 Å². The second-order valence-electron chi connectivity index (χ2n) is 4.35. The van der Waals surface area contributed by atoms with E-state index in [9.17, 15) is 4.79 Å². The van der Waals surface area contributed by atoms with Gasteiger partial charge < -0.3 is 10.1 Å². The summed E-state index contributed by atoms with van der Waals surface area (Å²) in [4.78, 5) is 17.7. The fourth-order valence-corrected chi connectivity index (χ4v) is 2.88. The predicted molar refractivity (Wildman–Crippen MR) is 83.4 cm³/mol. The zero-order valence-corrected chi connectivity index (χ0v) is 13.8. The highest BCUT2D eigenvalue weighted by Crippen LogP contribution is 2.25. The number of carbonyl (C=O) groups excluding carboxylic acids is 1. The van der Waals surface area contributed by atoms with Crippen LogP contribution in [0.3, 0.4) is 0 Å². The van der Waals surface area contributed by atoms with E-state index in [0.29, 0.717) is 11.3 Å². The van der Waals surface area contributed by atoms with Crippen LogP contribution in [0.4, 0.5) is 0 Å². The van der Waals surface area contributed by atoms with Gasteiger partial charge in [0.25, 0.3) is 5.91 Å². The van der Waals surface area contributed by atoms with Gasteiger partial charge in [-0.3, -0.25) is 4.79 Å². The Bertz CT molecular complexity index is 627. The summed E-state index contributed by atoms with van der Waals surface area (Å²) in [5.41, 5.74) is 0.510. The molecule has 1 aromatic heterocycles. The van der Waals surface area contributed by atoms with Crippen molar-refractivity contribution >= 4 is 33.2 Å². The molecular weight excluding hydrogens is 340 g/mol. The quantitative estimate of drug-likeness (QED) is 0.910. The lowest BCUT2D eigenvalue weighted by molar-refractivity contribution is 0.0937. The van der Waals surface area contributed by atoms with Crippen LogP contribution in [0.15, 0.2) is 28.9 Å². The van der Waals surface area contributed by atoms with Crippen molar-refractivity contribution in [2.24, 2.45) is 0 Å². The molecule has 20 heavy (non-hydrogen) atoms. The van der Waals surface area contributed by atoms with Gasteiger partial charge in [-0.15, -0.1) is 11.3 Å². The van der Waals surface area contributed by atoms with Crippen molar-refractivity contribution in [3.63, 3.8) is 0 Å². The van der Waals surface area contributed by atoms with Crippen LogP contribution in [0.2, 0.25) is 0 Å². The van der Waals surface area contributed by atoms with Crippen LogP contribution >= 0.6 is 27.3 Å². The first-order chi connectivity index (χ1) is 9.51. The van der Waals surface area contributed by atoms with Crippen LogP contribution in [0.1, 0.15) is 33.2 Å². The minimum absolute atomic E-state index is 0.130. The molecule has 2 rings (SSSR count). The zero-order chi connectivity index (χ0) is 14.7. The molecule has 1 aromatic carbocycles. The van der Waals surface area contributed by atoms with Gasteiger partial charge in [0.2, 0.25) is 0 Å². The lowest BCUT2D eigenvalue weighted by Crippen LogP contribution is -2.26. The van der Waals surface area contributed by atoms with E-state index >= 15 is 0 Å². The number of benzene rings is 1. The largest absolute Gasteiger partial charge is 0.496 e. The lowest BCUT2D eigenvalue weighted by Gasteiger charge is -2.13. The summed E-state index contributed by atoms with van der Waals surface area (Å²) in [6.45, 7) is 3.91. The molecule has 1 N–H and O–H groups in total. The van der Waals surface area contributed by atoms with Crippen molar-refractivity contribution in [1.82, 2.24) is 10.3 Å². The van der Waals surface area contributed by atoms with Gasteiger partial charge in [0.1, 0.15) is 10.8 Å². The van der Waals surface area contributed by atoms with Crippen molar-refractivity contribution in [3.8, 4) is 5.75 Å². The van der Waals surface area contributed by atoms with E-state index in [1.165, 1.54) is 0 Å². The highest BCUT2D eigenvalue weighted by molar-refractivity contribution is 9.10. The lowest BCUT2D eigenvalue weighted by atomic mass is 10.1. The second-order valence-corrected chi connectivity index (χ2v) is 6.53. The van der Waals surface area contributed by atoms with Crippen LogP contribution in [0.5, 0.6) is 5.75 Å². The molecule has 6 heteroatoms. The Hall–Kier alpha value is -1.40. The van der Waals surface area contributed by atoms with Gasteiger partial charge in [0.15, 0.2) is 0 Å². The summed E-state index contributed by atoms with van der Waals surface area (Å²) in [7, 11) is 1.55. The van der Waals surface area contributed by atoms with Crippen LogP contribution in [0.25, 0.3) is 0 Å². The Morgan fingerprint density at radius 1 is 1.50 bits per heavy atom. The van der Waals surface area contributed by atoms with Gasteiger partial charge in [-0.25, -0.2) is 4.98 Å². The fourth-order valence-electron chi connectivity index (χ4n) is 1.76. The molecule has 2 aromatic rings. The topological polar surface area (TPSA) is 51.2 Å². The number of methoxy groups -OCH3 is 1. The molecule has 106 valence electrons. The number of carbonyl (C=O) groups is 1. The number of amides is 1. The highest BCUT2D eigenvalue weighted by Gasteiger charge is 2.17. The summed E-state index contributed by atoms with van der Waals surface area (Å²) in [5.74, 6) is 0.370. The molecule has 4 nitrogen and oxygen atoms in total. The third-order valence-corrected chi connectivity index (χ3v) is 4.35. The molecule has 0 bridgehead atoms. The Morgan fingerprint density at radius 3 is 2.85 bits per heavy atom. The first kappa shape index (κ1) is 15.0. The summed E-state index contributed by atoms with van der Waals surface area (Å²) in [5, 5.41) is 3.83. The maximum atomic E-state index is 12.3. The van der Waals surface area contributed by atoms with E-state index < -0.39 is 0 Å². The summed E-state index contributed by atoms with van der Waals surface area (Å²) in [6.07, 6.45) is 1.81. The van der Waals surface area contributed by atoms with Crippen molar-refractivity contribution in [3.05, 3.63) is 44.3 Å².